The molecule has 1 fully saturated rings. The fourth-order valence-corrected chi connectivity index (χ4v) is 1.66. The molecule has 3 heteroatoms. The Balaban J connectivity index is 2.36. The molecule has 1 unspecified atom stereocenters. The summed E-state index contributed by atoms with van der Waals surface area (Å²) in [5.41, 5.74) is -0.103. The number of rotatable bonds is 4. The van der Waals surface area contributed by atoms with E-state index >= 15 is 0 Å². The molecule has 2 atom stereocenters. The van der Waals surface area contributed by atoms with Gasteiger partial charge < -0.3 is 14.2 Å². The molecule has 0 spiro atoms. The van der Waals surface area contributed by atoms with E-state index in [-0.39, 0.29) is 23.9 Å². The van der Waals surface area contributed by atoms with E-state index in [2.05, 4.69) is 20.8 Å². The van der Waals surface area contributed by atoms with Crippen LogP contribution in [0.1, 0.15) is 41.0 Å². The fourth-order valence-electron chi connectivity index (χ4n) is 1.66. The maximum atomic E-state index is 5.94. The molecule has 0 amide bonds. The first-order chi connectivity index (χ1) is 6.88. The lowest BCUT2D eigenvalue weighted by Gasteiger charge is -2.28. The van der Waals surface area contributed by atoms with Crippen molar-refractivity contribution >= 4 is 0 Å². The Morgan fingerprint density at radius 1 is 1.33 bits per heavy atom. The average molecular weight is 216 g/mol. The molecule has 0 bridgehead atoms. The van der Waals surface area contributed by atoms with E-state index in [0.717, 1.165) is 13.0 Å². The fraction of sp³-hybridized carbons (Fsp3) is 1.00. The van der Waals surface area contributed by atoms with Crippen LogP contribution in [-0.2, 0) is 14.2 Å². The Kier molecular flexibility index (Phi) is 4.56. The van der Waals surface area contributed by atoms with Gasteiger partial charge in [-0.25, -0.2) is 0 Å². The van der Waals surface area contributed by atoms with Crippen molar-refractivity contribution in [1.82, 2.24) is 0 Å². The summed E-state index contributed by atoms with van der Waals surface area (Å²) in [7, 11) is 0. The topological polar surface area (TPSA) is 27.7 Å². The van der Waals surface area contributed by atoms with Crippen LogP contribution in [0.2, 0.25) is 0 Å². The molecule has 0 aliphatic carbocycles. The molecule has 15 heavy (non-hydrogen) atoms. The lowest BCUT2D eigenvalue weighted by molar-refractivity contribution is -0.110. The van der Waals surface area contributed by atoms with E-state index in [1.807, 2.05) is 13.8 Å². The Hall–Kier alpha value is -0.120. The molecular formula is C12H24O3. The second kappa shape index (κ2) is 5.28. The third-order valence-electron chi connectivity index (χ3n) is 2.25. The van der Waals surface area contributed by atoms with Crippen LogP contribution in [0.15, 0.2) is 0 Å². The molecular weight excluding hydrogens is 192 g/mol. The van der Waals surface area contributed by atoms with Crippen molar-refractivity contribution in [3.8, 4) is 0 Å². The van der Waals surface area contributed by atoms with E-state index in [0.29, 0.717) is 6.61 Å². The quantitative estimate of drug-likeness (QED) is 0.722. The Bertz CT molecular complexity index is 184. The molecule has 0 aromatic carbocycles. The van der Waals surface area contributed by atoms with E-state index < -0.39 is 0 Å². The van der Waals surface area contributed by atoms with Crippen molar-refractivity contribution < 1.29 is 14.2 Å². The van der Waals surface area contributed by atoms with E-state index in [1.54, 1.807) is 0 Å². The monoisotopic (exact) mass is 216 g/mol. The Labute approximate surface area is 93.1 Å². The van der Waals surface area contributed by atoms with Gasteiger partial charge in [0.2, 0.25) is 0 Å². The highest BCUT2D eigenvalue weighted by atomic mass is 16.6. The van der Waals surface area contributed by atoms with Gasteiger partial charge in [-0.3, -0.25) is 0 Å². The van der Waals surface area contributed by atoms with Crippen molar-refractivity contribution in [2.75, 3.05) is 13.2 Å². The van der Waals surface area contributed by atoms with Crippen LogP contribution < -0.4 is 0 Å². The van der Waals surface area contributed by atoms with Gasteiger partial charge in [-0.2, -0.15) is 0 Å². The van der Waals surface area contributed by atoms with Gasteiger partial charge in [-0.05, 0) is 41.0 Å². The van der Waals surface area contributed by atoms with Gasteiger partial charge in [-0.1, -0.05) is 0 Å². The number of hydrogen-bond donors (Lipinski definition) is 0. The molecule has 1 aliphatic rings. The van der Waals surface area contributed by atoms with Gasteiger partial charge in [0.05, 0.1) is 24.4 Å². The first kappa shape index (κ1) is 12.9. The molecule has 1 heterocycles. The van der Waals surface area contributed by atoms with Gasteiger partial charge >= 0.3 is 0 Å². The van der Waals surface area contributed by atoms with Gasteiger partial charge in [0.1, 0.15) is 6.10 Å². The molecule has 0 N–H and O–H groups in total. The third-order valence-corrected chi connectivity index (χ3v) is 2.25. The van der Waals surface area contributed by atoms with Crippen LogP contribution in [0.25, 0.3) is 0 Å². The lowest BCUT2D eigenvalue weighted by atomic mass is 10.1. The minimum absolute atomic E-state index is 0.103. The van der Waals surface area contributed by atoms with E-state index in [1.165, 1.54) is 0 Å². The van der Waals surface area contributed by atoms with Crippen LogP contribution in [0, 0.1) is 0 Å². The van der Waals surface area contributed by atoms with Gasteiger partial charge in [0.25, 0.3) is 0 Å². The zero-order chi connectivity index (χ0) is 11.5. The van der Waals surface area contributed by atoms with Crippen LogP contribution >= 0.6 is 0 Å². The summed E-state index contributed by atoms with van der Waals surface area (Å²) in [5, 5.41) is 0. The van der Waals surface area contributed by atoms with Crippen molar-refractivity contribution in [1.29, 1.82) is 0 Å². The second-order valence-corrected chi connectivity index (χ2v) is 5.35. The Morgan fingerprint density at radius 2 is 2.00 bits per heavy atom. The minimum Gasteiger partial charge on any atom is -0.376 e. The zero-order valence-electron chi connectivity index (χ0n) is 10.6. The predicted molar refractivity (Wildman–Crippen MR) is 60.1 cm³/mol. The first-order valence-electron chi connectivity index (χ1n) is 5.79. The molecule has 1 rings (SSSR count). The standard InChI is InChI=1S/C12H24O3/c1-9(2)14-8-11-10(6-7-13-11)15-12(3,4)5/h9-11H,6-8H2,1-5H3/t10?,11-/m1/s1. The highest BCUT2D eigenvalue weighted by Gasteiger charge is 2.32. The molecule has 0 aromatic heterocycles. The van der Waals surface area contributed by atoms with Crippen molar-refractivity contribution in [3.05, 3.63) is 0 Å². The highest BCUT2D eigenvalue weighted by Crippen LogP contribution is 2.23. The zero-order valence-corrected chi connectivity index (χ0v) is 10.6. The molecule has 0 aromatic rings. The smallest absolute Gasteiger partial charge is 0.107 e. The summed E-state index contributed by atoms with van der Waals surface area (Å²) in [6.07, 6.45) is 1.52. The van der Waals surface area contributed by atoms with E-state index in [4.69, 9.17) is 14.2 Å². The summed E-state index contributed by atoms with van der Waals surface area (Å²) < 4.78 is 17.1. The van der Waals surface area contributed by atoms with Crippen molar-refractivity contribution in [2.24, 2.45) is 0 Å². The normalized spacial score (nSPS) is 27.6. The van der Waals surface area contributed by atoms with Crippen LogP contribution in [-0.4, -0.2) is 37.1 Å². The lowest BCUT2D eigenvalue weighted by Crippen LogP contribution is -2.36. The van der Waals surface area contributed by atoms with Gasteiger partial charge in [-0.15, -0.1) is 0 Å². The molecule has 0 saturated carbocycles. The average Bonchev–Trinajstić information content (AvgIpc) is 2.45. The van der Waals surface area contributed by atoms with Crippen molar-refractivity contribution in [3.63, 3.8) is 0 Å². The maximum absolute atomic E-state index is 5.94. The van der Waals surface area contributed by atoms with Crippen LogP contribution in [0.3, 0.4) is 0 Å². The largest absolute Gasteiger partial charge is 0.376 e. The molecule has 0 radical (unpaired) electrons. The van der Waals surface area contributed by atoms with Gasteiger partial charge in [0, 0.05) is 6.61 Å². The number of hydrogen-bond acceptors (Lipinski definition) is 3. The Morgan fingerprint density at radius 3 is 2.53 bits per heavy atom. The van der Waals surface area contributed by atoms with E-state index in [9.17, 15) is 0 Å². The predicted octanol–water partition coefficient (Wildman–Crippen LogP) is 2.38. The third kappa shape index (κ3) is 4.96. The van der Waals surface area contributed by atoms with Gasteiger partial charge in [0.15, 0.2) is 0 Å². The maximum Gasteiger partial charge on any atom is 0.107 e. The highest BCUT2D eigenvalue weighted by molar-refractivity contribution is 4.79. The summed E-state index contributed by atoms with van der Waals surface area (Å²) in [6.45, 7) is 11.7. The van der Waals surface area contributed by atoms with Crippen LogP contribution in [0.4, 0.5) is 0 Å². The summed E-state index contributed by atoms with van der Waals surface area (Å²) in [5.74, 6) is 0. The molecule has 1 saturated heterocycles. The van der Waals surface area contributed by atoms with Crippen LogP contribution in [0.5, 0.6) is 0 Å². The SMILES string of the molecule is CC(C)OC[C@H]1OCCC1OC(C)(C)C. The second-order valence-electron chi connectivity index (χ2n) is 5.35. The molecule has 90 valence electrons. The summed E-state index contributed by atoms with van der Waals surface area (Å²) >= 11 is 0. The first-order valence-corrected chi connectivity index (χ1v) is 5.79. The summed E-state index contributed by atoms with van der Waals surface area (Å²) in [6, 6.07) is 0. The van der Waals surface area contributed by atoms with Crippen molar-refractivity contribution in [2.45, 2.75) is 65.0 Å². The summed E-state index contributed by atoms with van der Waals surface area (Å²) in [4.78, 5) is 0. The minimum atomic E-state index is -0.103. The molecule has 1 aliphatic heterocycles. The molecule has 3 nitrogen and oxygen atoms in total. The number of ether oxygens (including phenoxy) is 3.